The summed E-state index contributed by atoms with van der Waals surface area (Å²) in [6, 6.07) is 28.6. The molecule has 0 unspecified atom stereocenters. The van der Waals surface area contributed by atoms with Gasteiger partial charge in [-0.05, 0) is 185 Å². The minimum atomic E-state index is -1.03. The number of ether oxygens (including phenoxy) is 1. The van der Waals surface area contributed by atoms with Crippen molar-refractivity contribution in [2.45, 2.75) is 85.8 Å². The monoisotopic (exact) mass is 1890 g/mol. The Balaban J connectivity index is 0.000000134. The van der Waals surface area contributed by atoms with Crippen LogP contribution in [0.25, 0.3) is 90.4 Å². The number of carboxylic acids is 2. The van der Waals surface area contributed by atoms with Crippen LogP contribution in [0.3, 0.4) is 0 Å². The number of nitrogen functional groups attached to an aromatic ring is 2. The van der Waals surface area contributed by atoms with E-state index in [2.05, 4.69) is 129 Å². The standard InChI is InChI=1S/C18H15BrFN7O.C18H17F2N3O2.C12H8F2N4.C11H15N5.2C10H10N4O2.C9H8N4O2/c1-9-6-21-10(2)23-16(9)12-7-22-26(3)17(12)14(28)4-11-5-15-24-18(19)25-27(15)8-13(11)20;1-18(2,3)25-16(24)9-12-8-15-21-17(22-23(15)10-14(12)20)11-4-6-13(19)7-5-11;13-8-3-1-7(2-4-8)12-16-11-5-10(15)9(14)6-18(11)17-12;1-8-3-2-5-15(8)11-13-10-7-9(12)4-6-16(10)14-11;1-6-3-8(13-11-4-6)7-5-12-14(2)9(7)10(15)16;1-14-10(9(16)6-15)7(5-12-14)8-3-2-4-11-13-8;1-13-8(9(14)15)6(5-11-13)7-3-2-4-10-12-7/h5-8H,4H2,1-3H3;4-8,10H,9H2,1-3H3;1-6H,15H2;4,6-8H,2-3,5,12H2,1H3;3-5H,1-2H3,(H,15,16);2-5,15H,6H2,1H3;2-5H,1H3,(H,14,15)/t;;;8-;;;/m...0.../s1. The molecule has 0 radical (unpaired) electrons. The number of aliphatic hydroxyl groups is 1. The van der Waals surface area contributed by atoms with Gasteiger partial charge in [0, 0.05) is 118 Å². The van der Waals surface area contributed by atoms with Gasteiger partial charge in [0.1, 0.15) is 52.7 Å². The van der Waals surface area contributed by atoms with Crippen molar-refractivity contribution in [1.82, 2.24) is 138 Å². The van der Waals surface area contributed by atoms with Crippen LogP contribution in [0, 0.1) is 49.9 Å². The number of pyridine rings is 4. The van der Waals surface area contributed by atoms with E-state index < -0.39 is 47.6 Å². The summed E-state index contributed by atoms with van der Waals surface area (Å²) in [7, 11) is 6.47. The summed E-state index contributed by atoms with van der Waals surface area (Å²) in [5.74, 6) is -3.46. The van der Waals surface area contributed by atoms with Crippen LogP contribution in [0.15, 0.2) is 188 Å². The van der Waals surface area contributed by atoms with E-state index in [9.17, 15) is 45.9 Å². The van der Waals surface area contributed by atoms with Crippen LogP contribution in [-0.2, 0) is 50.6 Å². The van der Waals surface area contributed by atoms with Gasteiger partial charge in [-0.1, -0.05) is 0 Å². The Hall–Kier alpha value is -16.7. The van der Waals surface area contributed by atoms with Gasteiger partial charge in [-0.2, -0.15) is 56.0 Å². The SMILES string of the molecule is CC(C)(C)OC(=O)Cc1cc2nc(-c3ccc(F)cc3)nn2cc1F.C[C@H]1CCCN1c1nc2cc(N)ccn2n1.Cc1cnnc(-c2cnn(C)c2C(=O)O)c1.Cc1ncc(C)c(-c2cnn(C)c2C(=O)Cc2cc3nc(Br)nn3cc2F)n1.Cn1ncc(-c2cccnn2)c1C(=O)CO.Cn1ncc(-c2cccnn2)c1C(=O)O.Nc1cc2nc(-c3ccc(F)cc3)nn2cc1F. The van der Waals surface area contributed by atoms with Crippen molar-refractivity contribution < 1.29 is 66.0 Å². The summed E-state index contributed by atoms with van der Waals surface area (Å²) in [5.41, 5.74) is 22.1. The second kappa shape index (κ2) is 41.4. The largest absolute Gasteiger partial charge is 0.477 e. The number of fused-ring (bicyclic) bond motifs is 4. The van der Waals surface area contributed by atoms with Gasteiger partial charge in [0.25, 0.3) is 0 Å². The number of Topliss-reactive ketones (excluding diaryl/α,β-unsaturated/α-hetero) is 2. The molecule has 2 aromatic carbocycles. The molecular formula is C88H83BrF5N31O9. The van der Waals surface area contributed by atoms with Crippen LogP contribution in [0.5, 0.6) is 0 Å². The molecule has 16 aromatic heterocycles. The van der Waals surface area contributed by atoms with Gasteiger partial charge in [0.15, 0.2) is 57.2 Å². The number of esters is 1. The predicted molar refractivity (Wildman–Crippen MR) is 479 cm³/mol. The second-order valence-corrected chi connectivity index (χ2v) is 31.6. The molecule has 46 heteroatoms. The molecule has 40 nitrogen and oxygen atoms in total. The summed E-state index contributed by atoms with van der Waals surface area (Å²) in [6.07, 6.45) is 19.9. The number of carboxylic acid groups (broad SMARTS) is 2. The van der Waals surface area contributed by atoms with Crippen LogP contribution in [0.1, 0.15) is 111 Å². The third-order valence-corrected chi connectivity index (χ3v) is 20.2. The molecule has 1 atom stereocenters. The number of aromatic nitrogens is 28. The minimum Gasteiger partial charge on any atom is -0.477 e. The highest BCUT2D eigenvalue weighted by atomic mass is 79.9. The number of aryl methyl sites for hydroxylation is 7. The van der Waals surface area contributed by atoms with E-state index in [1.807, 2.05) is 32.2 Å². The summed E-state index contributed by atoms with van der Waals surface area (Å²) >= 11 is 3.16. The van der Waals surface area contributed by atoms with Crippen molar-refractivity contribution in [3.8, 4) is 67.8 Å². The predicted octanol–water partition coefficient (Wildman–Crippen LogP) is 11.5. The Labute approximate surface area is 765 Å². The van der Waals surface area contributed by atoms with Crippen molar-refractivity contribution in [1.29, 1.82) is 0 Å². The van der Waals surface area contributed by atoms with Crippen molar-refractivity contribution >= 4 is 85.3 Å². The van der Waals surface area contributed by atoms with Gasteiger partial charge < -0.3 is 36.4 Å². The van der Waals surface area contributed by atoms with Crippen LogP contribution in [0.2, 0.25) is 0 Å². The van der Waals surface area contributed by atoms with Gasteiger partial charge >= 0.3 is 17.9 Å². The number of rotatable bonds is 16. The number of carbonyl (C=O) groups excluding carboxylic acids is 3. The van der Waals surface area contributed by atoms with Gasteiger partial charge in [0.05, 0.1) is 101 Å². The zero-order valence-corrected chi connectivity index (χ0v) is 74.9. The van der Waals surface area contributed by atoms with Gasteiger partial charge in [-0.25, -0.2) is 74.5 Å². The molecule has 0 amide bonds. The van der Waals surface area contributed by atoms with E-state index in [1.165, 1.54) is 119 Å². The maximum atomic E-state index is 14.5. The van der Waals surface area contributed by atoms with Crippen molar-refractivity contribution in [2.75, 3.05) is 29.5 Å². The number of ketones is 2. The summed E-state index contributed by atoms with van der Waals surface area (Å²) in [5, 5.41) is 82.5. The summed E-state index contributed by atoms with van der Waals surface area (Å²) in [6.45, 7) is 13.5. The van der Waals surface area contributed by atoms with Crippen molar-refractivity contribution in [3.05, 3.63) is 268 Å². The Morgan fingerprint density at radius 2 is 1.01 bits per heavy atom. The normalized spacial score (nSPS) is 12.1. The molecule has 7 N–H and O–H groups in total. The average Bonchev–Trinajstić information content (AvgIpc) is 1.55. The fourth-order valence-corrected chi connectivity index (χ4v) is 13.9. The summed E-state index contributed by atoms with van der Waals surface area (Å²) in [4.78, 5) is 86.5. The molecule has 1 fully saturated rings. The molecule has 1 aliphatic rings. The molecule has 1 saturated heterocycles. The lowest BCUT2D eigenvalue weighted by atomic mass is 10.0. The van der Waals surface area contributed by atoms with E-state index in [1.54, 1.807) is 140 Å². The van der Waals surface area contributed by atoms with E-state index in [-0.39, 0.29) is 64.2 Å². The van der Waals surface area contributed by atoms with E-state index in [0.29, 0.717) is 113 Å². The third-order valence-electron chi connectivity index (χ3n) is 19.8. The van der Waals surface area contributed by atoms with E-state index >= 15 is 0 Å². The highest BCUT2D eigenvalue weighted by Gasteiger charge is 2.28. The molecule has 0 saturated carbocycles. The first-order valence-corrected chi connectivity index (χ1v) is 41.3. The first kappa shape index (κ1) is 94.9. The number of anilines is 3. The Kier molecular flexibility index (Phi) is 29.3. The topological polar surface area (TPSA) is 506 Å². The van der Waals surface area contributed by atoms with Gasteiger partial charge in [0.2, 0.25) is 16.5 Å². The Morgan fingerprint density at radius 1 is 0.522 bits per heavy atom. The number of nitrogens with two attached hydrogens (primary N) is 2. The zero-order valence-electron chi connectivity index (χ0n) is 73.3. The molecule has 0 spiro atoms. The van der Waals surface area contributed by atoms with E-state index in [0.717, 1.165) is 47.3 Å². The first-order chi connectivity index (χ1) is 63.9. The van der Waals surface area contributed by atoms with Crippen molar-refractivity contribution in [2.24, 2.45) is 28.2 Å². The van der Waals surface area contributed by atoms with Gasteiger partial charge in [-0.3, -0.25) is 33.1 Å². The smallest absolute Gasteiger partial charge is 0.354 e. The lowest BCUT2D eigenvalue weighted by Crippen LogP contribution is -2.27. The van der Waals surface area contributed by atoms with E-state index in [4.69, 9.17) is 31.5 Å². The number of carbonyl (C=O) groups is 5. The quantitative estimate of drug-likeness (QED) is 0.0341. The Bertz CT molecular complexity index is 7280. The highest BCUT2D eigenvalue weighted by molar-refractivity contribution is 9.10. The number of aromatic carboxylic acids is 2. The Morgan fingerprint density at radius 3 is 1.52 bits per heavy atom. The second-order valence-electron chi connectivity index (χ2n) is 30.9. The molecule has 18 aromatic rings. The van der Waals surface area contributed by atoms with Crippen LogP contribution in [-0.4, -0.2) is 208 Å². The molecule has 134 heavy (non-hydrogen) atoms. The fraction of sp³-hybridized carbons (Fsp3) is 0.216. The van der Waals surface area contributed by atoms with Crippen LogP contribution >= 0.6 is 15.9 Å². The summed E-state index contributed by atoms with van der Waals surface area (Å²) < 4.78 is 84.5. The first-order valence-electron chi connectivity index (χ1n) is 40.5. The molecular weight excluding hydrogens is 1810 g/mol. The average molecular weight is 1890 g/mol. The number of nitrogens with zero attached hydrogens (tertiary/aromatic N) is 29. The maximum absolute atomic E-state index is 14.5. The fourth-order valence-electron chi connectivity index (χ4n) is 13.5. The zero-order chi connectivity index (χ0) is 96.1. The molecule has 0 bridgehead atoms. The number of aliphatic hydroxyl groups excluding tert-OH is 1. The number of benzene rings is 2. The van der Waals surface area contributed by atoms with Gasteiger partial charge in [-0.15, -0.1) is 20.4 Å². The molecule has 686 valence electrons. The molecule has 0 aliphatic carbocycles. The highest BCUT2D eigenvalue weighted by Crippen LogP contribution is 2.31. The lowest BCUT2D eigenvalue weighted by Gasteiger charge is -2.19. The number of halogens is 6. The number of hydrogen-bond donors (Lipinski definition) is 5. The van der Waals surface area contributed by atoms with Crippen molar-refractivity contribution in [3.63, 3.8) is 0 Å². The molecule has 1 aliphatic heterocycles. The minimum absolute atomic E-state index is 0.0144. The lowest BCUT2D eigenvalue weighted by molar-refractivity contribution is -0.154. The maximum Gasteiger partial charge on any atom is 0.354 e. The molecule has 19 rings (SSSR count). The molecule has 17 heterocycles. The number of hydrogen-bond acceptors (Lipinski definition) is 30. The third kappa shape index (κ3) is 22.9. The van der Waals surface area contributed by atoms with Crippen LogP contribution in [0.4, 0.5) is 39.3 Å². The van der Waals surface area contributed by atoms with Crippen LogP contribution < -0.4 is 16.4 Å².